The first kappa shape index (κ1) is 18.4. The summed E-state index contributed by atoms with van der Waals surface area (Å²) in [7, 11) is -2.10. The average Bonchev–Trinajstić information content (AvgIpc) is 3.12. The number of benzene rings is 2. The van der Waals surface area contributed by atoms with Crippen molar-refractivity contribution >= 4 is 21.4 Å². The quantitative estimate of drug-likeness (QED) is 0.695. The zero-order valence-electron chi connectivity index (χ0n) is 14.3. The van der Waals surface area contributed by atoms with Crippen molar-refractivity contribution in [3.05, 3.63) is 47.8 Å². The number of thiazole rings is 1. The maximum Gasteiger partial charge on any atom is 0.238 e. The molecule has 0 spiro atoms. The predicted octanol–water partition coefficient (Wildman–Crippen LogP) is 3.53. The number of aromatic nitrogens is 1. The fourth-order valence-electron chi connectivity index (χ4n) is 2.43. The lowest BCUT2D eigenvalue weighted by atomic mass is 10.2. The number of rotatable bonds is 6. The Morgan fingerprint density at radius 2 is 1.77 bits per heavy atom. The number of hydrogen-bond donors (Lipinski definition) is 1. The first-order valence-electron chi connectivity index (χ1n) is 7.82. The summed E-state index contributed by atoms with van der Waals surface area (Å²) in [5, 5.41) is 7.87. The summed E-state index contributed by atoms with van der Waals surface area (Å²) in [6.45, 7) is 2.48. The molecule has 0 saturated heterocycles. The molecule has 0 atom stereocenters. The number of nitrogens with two attached hydrogens (primary N) is 1. The molecular weight excluding hydrogens is 372 g/mol. The van der Waals surface area contributed by atoms with E-state index in [9.17, 15) is 8.42 Å². The van der Waals surface area contributed by atoms with Crippen LogP contribution >= 0.6 is 11.3 Å². The van der Waals surface area contributed by atoms with Crippen LogP contribution in [0, 0.1) is 0 Å². The largest absolute Gasteiger partial charge is 0.493 e. The molecule has 8 heteroatoms. The third-order valence-corrected chi connectivity index (χ3v) is 5.51. The fraction of sp³-hybridized carbons (Fsp3) is 0.167. The molecular formula is C18H18N2O4S2. The van der Waals surface area contributed by atoms with E-state index in [0.717, 1.165) is 21.8 Å². The van der Waals surface area contributed by atoms with Gasteiger partial charge in [0.15, 0.2) is 11.5 Å². The van der Waals surface area contributed by atoms with E-state index in [4.69, 9.17) is 14.6 Å². The van der Waals surface area contributed by atoms with Crippen LogP contribution in [0.25, 0.3) is 21.8 Å². The Bertz CT molecular complexity index is 1010. The summed E-state index contributed by atoms with van der Waals surface area (Å²) in [5.74, 6) is 1.34. The molecule has 0 amide bonds. The van der Waals surface area contributed by atoms with E-state index in [-0.39, 0.29) is 4.90 Å². The summed E-state index contributed by atoms with van der Waals surface area (Å²) < 4.78 is 33.6. The highest BCUT2D eigenvalue weighted by atomic mass is 32.2. The minimum Gasteiger partial charge on any atom is -0.493 e. The Hall–Kier alpha value is -2.42. The highest BCUT2D eigenvalue weighted by molar-refractivity contribution is 7.89. The van der Waals surface area contributed by atoms with Gasteiger partial charge in [0, 0.05) is 16.5 Å². The van der Waals surface area contributed by atoms with Gasteiger partial charge in [-0.25, -0.2) is 18.5 Å². The van der Waals surface area contributed by atoms with Gasteiger partial charge in [0.05, 0.1) is 24.3 Å². The van der Waals surface area contributed by atoms with Crippen LogP contribution in [0.2, 0.25) is 0 Å². The second-order valence-corrected chi connectivity index (χ2v) is 7.83. The Morgan fingerprint density at radius 1 is 1.08 bits per heavy atom. The van der Waals surface area contributed by atoms with Gasteiger partial charge in [-0.15, -0.1) is 11.3 Å². The Labute approximate surface area is 156 Å². The highest BCUT2D eigenvalue weighted by Crippen LogP contribution is 2.35. The van der Waals surface area contributed by atoms with Crippen LogP contribution in [0.4, 0.5) is 0 Å². The molecule has 136 valence electrons. The lowest BCUT2D eigenvalue weighted by molar-refractivity contribution is 0.311. The smallest absolute Gasteiger partial charge is 0.238 e. The lowest BCUT2D eigenvalue weighted by Gasteiger charge is -2.09. The van der Waals surface area contributed by atoms with Crippen LogP contribution in [0.15, 0.2) is 52.7 Å². The maximum absolute atomic E-state index is 11.3. The van der Waals surface area contributed by atoms with Crippen molar-refractivity contribution in [3.8, 4) is 33.3 Å². The van der Waals surface area contributed by atoms with Gasteiger partial charge >= 0.3 is 0 Å². The minimum atomic E-state index is -3.70. The Morgan fingerprint density at radius 3 is 2.38 bits per heavy atom. The number of ether oxygens (including phenoxy) is 2. The van der Waals surface area contributed by atoms with Crippen molar-refractivity contribution in [1.29, 1.82) is 0 Å². The SMILES string of the molecule is CCOc1ccc(-c2nc(-c3ccc(S(N)(=O)=O)cc3)cs2)cc1OC. The number of nitrogens with zero attached hydrogens (tertiary/aromatic N) is 1. The molecule has 2 aromatic carbocycles. The van der Waals surface area contributed by atoms with E-state index in [0.29, 0.717) is 18.1 Å². The molecule has 6 nitrogen and oxygen atoms in total. The van der Waals surface area contributed by atoms with Crippen molar-refractivity contribution in [3.63, 3.8) is 0 Å². The van der Waals surface area contributed by atoms with E-state index in [2.05, 4.69) is 4.98 Å². The van der Waals surface area contributed by atoms with Crippen molar-refractivity contribution in [1.82, 2.24) is 4.98 Å². The monoisotopic (exact) mass is 390 g/mol. The van der Waals surface area contributed by atoms with Crippen molar-refractivity contribution in [2.45, 2.75) is 11.8 Å². The Balaban J connectivity index is 1.90. The zero-order chi connectivity index (χ0) is 18.7. The fourth-order valence-corrected chi connectivity index (χ4v) is 3.77. The molecule has 26 heavy (non-hydrogen) atoms. The molecule has 3 aromatic rings. The van der Waals surface area contributed by atoms with Gasteiger partial charge in [0.2, 0.25) is 10.0 Å². The average molecular weight is 390 g/mol. The first-order valence-corrected chi connectivity index (χ1v) is 10.2. The third-order valence-electron chi connectivity index (χ3n) is 3.69. The molecule has 0 aliphatic rings. The molecule has 0 aliphatic carbocycles. The van der Waals surface area contributed by atoms with Crippen molar-refractivity contribution < 1.29 is 17.9 Å². The van der Waals surface area contributed by atoms with E-state index in [1.807, 2.05) is 30.5 Å². The standard InChI is InChI=1S/C18H18N2O4S2/c1-3-24-16-9-6-13(10-17(16)23-2)18-20-15(11-25-18)12-4-7-14(8-5-12)26(19,21)22/h4-11H,3H2,1-2H3,(H2,19,21,22). The molecule has 1 aromatic heterocycles. The molecule has 0 radical (unpaired) electrons. The van der Waals surface area contributed by atoms with Crippen LogP contribution in [0.3, 0.4) is 0 Å². The van der Waals surface area contributed by atoms with Gasteiger partial charge in [0.25, 0.3) is 0 Å². The van der Waals surface area contributed by atoms with Gasteiger partial charge in [-0.2, -0.15) is 0 Å². The normalized spacial score (nSPS) is 11.3. The minimum absolute atomic E-state index is 0.0768. The molecule has 1 heterocycles. The highest BCUT2D eigenvalue weighted by Gasteiger charge is 2.12. The van der Waals surface area contributed by atoms with Crippen molar-refractivity contribution in [2.24, 2.45) is 5.14 Å². The van der Waals surface area contributed by atoms with Crippen LogP contribution in [-0.4, -0.2) is 27.1 Å². The second kappa shape index (κ2) is 7.45. The first-order chi connectivity index (χ1) is 12.4. The zero-order valence-corrected chi connectivity index (χ0v) is 15.9. The predicted molar refractivity (Wildman–Crippen MR) is 102 cm³/mol. The van der Waals surface area contributed by atoms with E-state index in [1.165, 1.54) is 23.5 Å². The van der Waals surface area contributed by atoms with Crippen molar-refractivity contribution in [2.75, 3.05) is 13.7 Å². The molecule has 3 rings (SSSR count). The number of primary sulfonamides is 1. The summed E-state index contributed by atoms with van der Waals surface area (Å²) in [6, 6.07) is 12.0. The summed E-state index contributed by atoms with van der Waals surface area (Å²) in [6.07, 6.45) is 0. The third kappa shape index (κ3) is 3.87. The number of sulfonamides is 1. The second-order valence-electron chi connectivity index (χ2n) is 5.41. The van der Waals surface area contributed by atoms with Gasteiger partial charge in [0.1, 0.15) is 5.01 Å². The van der Waals surface area contributed by atoms with Gasteiger partial charge in [-0.3, -0.25) is 0 Å². The molecule has 0 unspecified atom stereocenters. The van der Waals surface area contributed by atoms with E-state index < -0.39 is 10.0 Å². The summed E-state index contributed by atoms with van der Waals surface area (Å²) in [5.41, 5.74) is 2.50. The summed E-state index contributed by atoms with van der Waals surface area (Å²) >= 11 is 1.50. The number of hydrogen-bond acceptors (Lipinski definition) is 6. The van der Waals surface area contributed by atoms with E-state index in [1.54, 1.807) is 19.2 Å². The molecule has 0 fully saturated rings. The van der Waals surface area contributed by atoms with Crippen LogP contribution in [-0.2, 0) is 10.0 Å². The Kier molecular flexibility index (Phi) is 5.26. The van der Waals surface area contributed by atoms with Gasteiger partial charge < -0.3 is 9.47 Å². The van der Waals surface area contributed by atoms with Gasteiger partial charge in [-0.1, -0.05) is 12.1 Å². The van der Waals surface area contributed by atoms with Crippen LogP contribution in [0.1, 0.15) is 6.92 Å². The van der Waals surface area contributed by atoms with Gasteiger partial charge in [-0.05, 0) is 37.3 Å². The van der Waals surface area contributed by atoms with E-state index >= 15 is 0 Å². The molecule has 0 saturated carbocycles. The number of methoxy groups -OCH3 is 1. The molecule has 2 N–H and O–H groups in total. The summed E-state index contributed by atoms with van der Waals surface area (Å²) in [4.78, 5) is 4.71. The lowest BCUT2D eigenvalue weighted by Crippen LogP contribution is -2.11. The topological polar surface area (TPSA) is 91.5 Å². The molecule has 0 bridgehead atoms. The maximum atomic E-state index is 11.3. The molecule has 0 aliphatic heterocycles. The van der Waals surface area contributed by atoms with Crippen LogP contribution in [0.5, 0.6) is 11.5 Å². The van der Waals surface area contributed by atoms with Crippen LogP contribution < -0.4 is 14.6 Å².